The van der Waals surface area contributed by atoms with Crippen LogP contribution in [0.5, 0.6) is 0 Å². The third kappa shape index (κ3) is 5.28. The molecule has 1 heterocycles. The Labute approximate surface area is 101 Å². The molecule has 0 radical (unpaired) electrons. The SMILES string of the molecule is CC(C)NCCNC1CCN(C(C)C)CC1. The molecule has 0 spiro atoms. The summed E-state index contributed by atoms with van der Waals surface area (Å²) in [6.45, 7) is 13.7. The van der Waals surface area contributed by atoms with Gasteiger partial charge in [0.1, 0.15) is 0 Å². The van der Waals surface area contributed by atoms with E-state index < -0.39 is 0 Å². The zero-order valence-corrected chi connectivity index (χ0v) is 11.4. The quantitative estimate of drug-likeness (QED) is 0.673. The number of nitrogens with zero attached hydrogens (tertiary/aromatic N) is 1. The highest BCUT2D eigenvalue weighted by Crippen LogP contribution is 2.12. The van der Waals surface area contributed by atoms with Gasteiger partial charge < -0.3 is 15.5 Å². The highest BCUT2D eigenvalue weighted by atomic mass is 15.2. The van der Waals surface area contributed by atoms with Crippen molar-refractivity contribution in [2.75, 3.05) is 26.2 Å². The van der Waals surface area contributed by atoms with E-state index in [1.54, 1.807) is 0 Å². The van der Waals surface area contributed by atoms with E-state index >= 15 is 0 Å². The first kappa shape index (κ1) is 13.9. The minimum absolute atomic E-state index is 0.601. The number of nitrogens with one attached hydrogen (secondary N) is 2. The van der Waals surface area contributed by atoms with Gasteiger partial charge >= 0.3 is 0 Å². The Morgan fingerprint density at radius 2 is 1.69 bits per heavy atom. The second kappa shape index (κ2) is 7.25. The molecule has 2 N–H and O–H groups in total. The lowest BCUT2D eigenvalue weighted by molar-refractivity contribution is 0.161. The van der Waals surface area contributed by atoms with Crippen molar-refractivity contribution >= 4 is 0 Å². The van der Waals surface area contributed by atoms with Gasteiger partial charge in [0.25, 0.3) is 0 Å². The maximum absolute atomic E-state index is 3.65. The van der Waals surface area contributed by atoms with Crippen molar-refractivity contribution in [2.24, 2.45) is 0 Å². The smallest absolute Gasteiger partial charge is 0.00919 e. The van der Waals surface area contributed by atoms with Gasteiger partial charge in [0.15, 0.2) is 0 Å². The molecule has 0 aliphatic carbocycles. The average Bonchev–Trinajstić information content (AvgIpc) is 2.25. The fourth-order valence-corrected chi connectivity index (χ4v) is 2.26. The molecule has 1 saturated heterocycles. The first-order valence-electron chi connectivity index (χ1n) is 6.80. The molecule has 1 aliphatic rings. The first-order chi connectivity index (χ1) is 7.59. The molecular weight excluding hydrogens is 198 g/mol. The van der Waals surface area contributed by atoms with Gasteiger partial charge in [-0.05, 0) is 39.8 Å². The van der Waals surface area contributed by atoms with Gasteiger partial charge in [-0.25, -0.2) is 0 Å². The molecule has 3 heteroatoms. The van der Waals surface area contributed by atoms with Gasteiger partial charge in [-0.2, -0.15) is 0 Å². The molecule has 0 aromatic heterocycles. The van der Waals surface area contributed by atoms with Crippen LogP contribution >= 0.6 is 0 Å². The van der Waals surface area contributed by atoms with Crippen molar-refractivity contribution in [3.8, 4) is 0 Å². The maximum atomic E-state index is 3.65. The van der Waals surface area contributed by atoms with Crippen molar-refractivity contribution in [3.05, 3.63) is 0 Å². The van der Waals surface area contributed by atoms with Gasteiger partial charge in [-0.3, -0.25) is 0 Å². The fourth-order valence-electron chi connectivity index (χ4n) is 2.26. The Balaban J connectivity index is 2.04. The predicted octanol–water partition coefficient (Wildman–Crippen LogP) is 1.45. The molecule has 16 heavy (non-hydrogen) atoms. The van der Waals surface area contributed by atoms with E-state index in [-0.39, 0.29) is 0 Å². The van der Waals surface area contributed by atoms with Gasteiger partial charge in [0.05, 0.1) is 0 Å². The number of hydrogen-bond donors (Lipinski definition) is 2. The van der Waals surface area contributed by atoms with Crippen LogP contribution in [0, 0.1) is 0 Å². The number of rotatable bonds is 6. The Kier molecular flexibility index (Phi) is 6.32. The molecule has 0 unspecified atom stereocenters. The molecule has 1 rings (SSSR count). The van der Waals surface area contributed by atoms with E-state index in [2.05, 4.69) is 43.2 Å². The fraction of sp³-hybridized carbons (Fsp3) is 1.00. The third-order valence-corrected chi connectivity index (χ3v) is 3.37. The number of hydrogen-bond acceptors (Lipinski definition) is 3. The van der Waals surface area contributed by atoms with E-state index in [9.17, 15) is 0 Å². The van der Waals surface area contributed by atoms with Crippen LogP contribution < -0.4 is 10.6 Å². The highest BCUT2D eigenvalue weighted by molar-refractivity contribution is 4.78. The monoisotopic (exact) mass is 227 g/mol. The molecule has 1 fully saturated rings. The second-order valence-electron chi connectivity index (χ2n) is 5.47. The summed E-state index contributed by atoms with van der Waals surface area (Å²) in [5.41, 5.74) is 0. The Morgan fingerprint density at radius 1 is 1.06 bits per heavy atom. The molecule has 3 nitrogen and oxygen atoms in total. The van der Waals surface area contributed by atoms with Crippen LogP contribution in [0.15, 0.2) is 0 Å². The minimum Gasteiger partial charge on any atom is -0.313 e. The molecule has 0 amide bonds. The summed E-state index contributed by atoms with van der Waals surface area (Å²) in [6.07, 6.45) is 2.61. The van der Waals surface area contributed by atoms with Gasteiger partial charge in [-0.15, -0.1) is 0 Å². The topological polar surface area (TPSA) is 27.3 Å². The normalized spacial score (nSPS) is 19.9. The number of likely N-dealkylation sites (tertiary alicyclic amines) is 1. The van der Waals surface area contributed by atoms with Crippen molar-refractivity contribution in [1.82, 2.24) is 15.5 Å². The molecule has 0 bridgehead atoms. The van der Waals surface area contributed by atoms with Gasteiger partial charge in [0, 0.05) is 31.2 Å². The Bertz CT molecular complexity index is 172. The Hall–Kier alpha value is -0.120. The largest absolute Gasteiger partial charge is 0.313 e. The lowest BCUT2D eigenvalue weighted by atomic mass is 10.0. The maximum Gasteiger partial charge on any atom is 0.00919 e. The zero-order chi connectivity index (χ0) is 12.0. The van der Waals surface area contributed by atoms with Crippen molar-refractivity contribution in [1.29, 1.82) is 0 Å². The molecule has 96 valence electrons. The predicted molar refractivity (Wildman–Crippen MR) is 70.9 cm³/mol. The average molecular weight is 227 g/mol. The lowest BCUT2D eigenvalue weighted by Gasteiger charge is -2.35. The first-order valence-corrected chi connectivity index (χ1v) is 6.80. The van der Waals surface area contributed by atoms with Crippen molar-refractivity contribution in [3.63, 3.8) is 0 Å². The van der Waals surface area contributed by atoms with E-state index in [0.29, 0.717) is 12.1 Å². The summed E-state index contributed by atoms with van der Waals surface area (Å²) >= 11 is 0. The lowest BCUT2D eigenvalue weighted by Crippen LogP contribution is -2.46. The third-order valence-electron chi connectivity index (χ3n) is 3.37. The summed E-state index contributed by atoms with van der Waals surface area (Å²) in [4.78, 5) is 2.57. The van der Waals surface area contributed by atoms with Crippen LogP contribution in [-0.4, -0.2) is 49.2 Å². The summed E-state index contributed by atoms with van der Waals surface area (Å²) in [7, 11) is 0. The van der Waals surface area contributed by atoms with Crippen LogP contribution in [0.2, 0.25) is 0 Å². The summed E-state index contributed by atoms with van der Waals surface area (Å²) in [6, 6.07) is 2.05. The summed E-state index contributed by atoms with van der Waals surface area (Å²) in [5.74, 6) is 0. The van der Waals surface area contributed by atoms with Crippen molar-refractivity contribution < 1.29 is 0 Å². The van der Waals surface area contributed by atoms with Crippen LogP contribution in [0.3, 0.4) is 0 Å². The Morgan fingerprint density at radius 3 is 2.19 bits per heavy atom. The van der Waals surface area contributed by atoms with Crippen LogP contribution in [0.4, 0.5) is 0 Å². The van der Waals surface area contributed by atoms with Crippen LogP contribution in [0.25, 0.3) is 0 Å². The van der Waals surface area contributed by atoms with Crippen LogP contribution in [0.1, 0.15) is 40.5 Å². The molecular formula is C13H29N3. The molecule has 0 atom stereocenters. The molecule has 0 saturated carbocycles. The second-order valence-corrected chi connectivity index (χ2v) is 5.47. The van der Waals surface area contributed by atoms with Gasteiger partial charge in [-0.1, -0.05) is 13.8 Å². The van der Waals surface area contributed by atoms with E-state index in [1.807, 2.05) is 0 Å². The van der Waals surface area contributed by atoms with Crippen molar-refractivity contribution in [2.45, 2.75) is 58.7 Å². The number of piperidine rings is 1. The molecule has 0 aromatic rings. The van der Waals surface area contributed by atoms with Crippen LogP contribution in [-0.2, 0) is 0 Å². The van der Waals surface area contributed by atoms with E-state index in [1.165, 1.54) is 25.9 Å². The standard InChI is InChI=1S/C13H29N3/c1-11(2)14-7-8-15-13-5-9-16(10-6-13)12(3)4/h11-15H,5-10H2,1-4H3. The van der Waals surface area contributed by atoms with E-state index in [4.69, 9.17) is 0 Å². The van der Waals surface area contributed by atoms with E-state index in [0.717, 1.165) is 19.1 Å². The highest BCUT2D eigenvalue weighted by Gasteiger charge is 2.19. The minimum atomic E-state index is 0.601. The summed E-state index contributed by atoms with van der Waals surface area (Å²) in [5, 5.41) is 7.09. The van der Waals surface area contributed by atoms with Gasteiger partial charge in [0.2, 0.25) is 0 Å². The molecule has 1 aliphatic heterocycles. The zero-order valence-electron chi connectivity index (χ0n) is 11.4. The molecule has 0 aromatic carbocycles. The summed E-state index contributed by atoms with van der Waals surface area (Å²) < 4.78 is 0.